The van der Waals surface area contributed by atoms with Gasteiger partial charge in [0, 0.05) is 31.2 Å². The lowest BCUT2D eigenvalue weighted by molar-refractivity contribution is 0.117. The maximum absolute atomic E-state index is 12.1. The lowest BCUT2D eigenvalue weighted by Gasteiger charge is -2.38. The second-order valence-electron chi connectivity index (χ2n) is 5.47. The van der Waals surface area contributed by atoms with Gasteiger partial charge in [-0.1, -0.05) is 0 Å². The van der Waals surface area contributed by atoms with Crippen molar-refractivity contribution in [2.75, 3.05) is 19.6 Å². The van der Waals surface area contributed by atoms with E-state index in [2.05, 4.69) is 0 Å². The van der Waals surface area contributed by atoms with E-state index in [-0.39, 0.29) is 11.6 Å². The van der Waals surface area contributed by atoms with Crippen LogP contribution >= 0.6 is 0 Å². The molecule has 1 aliphatic carbocycles. The highest BCUT2D eigenvalue weighted by Gasteiger charge is 2.37. The maximum atomic E-state index is 12.1. The average molecular weight is 211 g/mol. The van der Waals surface area contributed by atoms with Crippen LogP contribution in [0.25, 0.3) is 0 Å². The minimum absolute atomic E-state index is 0.197. The number of hydrogen-bond donors (Lipinski definition) is 1. The van der Waals surface area contributed by atoms with Gasteiger partial charge in [-0.05, 0) is 33.1 Å². The first kappa shape index (κ1) is 10.7. The number of hydrogen-bond acceptors (Lipinski definition) is 2. The second kappa shape index (κ2) is 3.67. The molecule has 1 saturated carbocycles. The molecule has 86 valence electrons. The fourth-order valence-electron chi connectivity index (χ4n) is 2.17. The van der Waals surface area contributed by atoms with Crippen LogP contribution in [0.5, 0.6) is 0 Å². The van der Waals surface area contributed by atoms with Gasteiger partial charge in [0.2, 0.25) is 0 Å². The monoisotopic (exact) mass is 211 g/mol. The summed E-state index contributed by atoms with van der Waals surface area (Å²) in [6.45, 7) is 6.40. The molecule has 15 heavy (non-hydrogen) atoms. The molecule has 2 rings (SSSR count). The van der Waals surface area contributed by atoms with E-state index in [9.17, 15) is 4.79 Å². The molecule has 2 amide bonds. The van der Waals surface area contributed by atoms with Gasteiger partial charge in [-0.25, -0.2) is 4.79 Å². The first-order chi connectivity index (χ1) is 6.97. The van der Waals surface area contributed by atoms with Crippen molar-refractivity contribution in [1.29, 1.82) is 0 Å². The number of nitrogens with two attached hydrogens (primary N) is 1. The summed E-state index contributed by atoms with van der Waals surface area (Å²) in [4.78, 5) is 16.0. The molecule has 0 bridgehead atoms. The molecule has 0 radical (unpaired) electrons. The zero-order valence-electron chi connectivity index (χ0n) is 9.70. The van der Waals surface area contributed by atoms with Gasteiger partial charge in [-0.2, -0.15) is 0 Å². The van der Waals surface area contributed by atoms with Gasteiger partial charge in [0.05, 0.1) is 0 Å². The van der Waals surface area contributed by atoms with Crippen molar-refractivity contribution < 1.29 is 4.79 Å². The van der Waals surface area contributed by atoms with Gasteiger partial charge in [-0.3, -0.25) is 0 Å². The normalized spacial score (nSPS) is 23.5. The number of amides is 2. The summed E-state index contributed by atoms with van der Waals surface area (Å²) in [6, 6.07) is 0.725. The number of rotatable bonds is 3. The van der Waals surface area contributed by atoms with E-state index in [0.29, 0.717) is 12.6 Å². The summed E-state index contributed by atoms with van der Waals surface area (Å²) in [5, 5.41) is 0. The zero-order valence-corrected chi connectivity index (χ0v) is 9.70. The highest BCUT2D eigenvalue weighted by molar-refractivity contribution is 5.76. The molecule has 1 heterocycles. The van der Waals surface area contributed by atoms with Crippen molar-refractivity contribution in [2.24, 2.45) is 5.73 Å². The molecule has 0 spiro atoms. The Labute approximate surface area is 91.4 Å². The van der Waals surface area contributed by atoms with E-state index >= 15 is 0 Å². The van der Waals surface area contributed by atoms with Crippen molar-refractivity contribution in [3.8, 4) is 0 Å². The van der Waals surface area contributed by atoms with Crippen LogP contribution < -0.4 is 5.73 Å². The fourth-order valence-corrected chi connectivity index (χ4v) is 2.17. The first-order valence-electron chi connectivity index (χ1n) is 5.82. The highest BCUT2D eigenvalue weighted by atomic mass is 16.2. The molecular formula is C11H21N3O. The van der Waals surface area contributed by atoms with Crippen LogP contribution in [-0.2, 0) is 0 Å². The molecule has 0 aromatic carbocycles. The van der Waals surface area contributed by atoms with Gasteiger partial charge >= 0.3 is 6.03 Å². The van der Waals surface area contributed by atoms with Gasteiger partial charge in [0.1, 0.15) is 0 Å². The molecule has 4 heteroatoms. The van der Waals surface area contributed by atoms with E-state index in [1.54, 1.807) is 0 Å². The van der Waals surface area contributed by atoms with E-state index in [0.717, 1.165) is 19.5 Å². The van der Waals surface area contributed by atoms with Crippen LogP contribution in [0, 0.1) is 0 Å². The standard InChI is InChI=1S/C11H21N3O/c1-11(2,12)8-13-6-3-7-14(10(13)15)9-4-5-9/h9H,3-8,12H2,1-2H3. The van der Waals surface area contributed by atoms with Crippen LogP contribution in [0.2, 0.25) is 0 Å². The lowest BCUT2D eigenvalue weighted by Crippen LogP contribution is -2.55. The Morgan fingerprint density at radius 1 is 1.40 bits per heavy atom. The molecule has 1 aliphatic heterocycles. The summed E-state index contributed by atoms with van der Waals surface area (Å²) in [6.07, 6.45) is 3.45. The van der Waals surface area contributed by atoms with Crippen LogP contribution in [-0.4, -0.2) is 47.0 Å². The minimum atomic E-state index is -0.289. The average Bonchev–Trinajstić information content (AvgIpc) is 2.89. The quantitative estimate of drug-likeness (QED) is 0.757. The first-order valence-corrected chi connectivity index (χ1v) is 5.82. The number of carbonyl (C=O) groups excluding carboxylic acids is 1. The molecule has 0 unspecified atom stereocenters. The molecule has 4 nitrogen and oxygen atoms in total. The summed E-state index contributed by atoms with van der Waals surface area (Å²) < 4.78 is 0. The van der Waals surface area contributed by atoms with Crippen molar-refractivity contribution in [1.82, 2.24) is 9.80 Å². The van der Waals surface area contributed by atoms with Crippen molar-refractivity contribution in [3.05, 3.63) is 0 Å². The fraction of sp³-hybridized carbons (Fsp3) is 0.909. The third-order valence-corrected chi connectivity index (χ3v) is 2.93. The molecule has 0 atom stereocenters. The van der Waals surface area contributed by atoms with Crippen molar-refractivity contribution in [2.45, 2.75) is 44.7 Å². The summed E-state index contributed by atoms with van der Waals surface area (Å²) in [5.74, 6) is 0. The molecular weight excluding hydrogens is 190 g/mol. The van der Waals surface area contributed by atoms with Gasteiger partial charge in [-0.15, -0.1) is 0 Å². The van der Waals surface area contributed by atoms with Crippen LogP contribution in [0.4, 0.5) is 4.79 Å². The van der Waals surface area contributed by atoms with E-state index < -0.39 is 0 Å². The summed E-state index contributed by atoms with van der Waals surface area (Å²) in [7, 11) is 0. The van der Waals surface area contributed by atoms with Gasteiger partial charge < -0.3 is 15.5 Å². The van der Waals surface area contributed by atoms with E-state index in [4.69, 9.17) is 5.73 Å². The van der Waals surface area contributed by atoms with Crippen LogP contribution in [0.1, 0.15) is 33.1 Å². The Morgan fingerprint density at radius 3 is 2.60 bits per heavy atom. The van der Waals surface area contributed by atoms with Gasteiger partial charge in [0.15, 0.2) is 0 Å². The van der Waals surface area contributed by atoms with Crippen molar-refractivity contribution in [3.63, 3.8) is 0 Å². The zero-order chi connectivity index (χ0) is 11.1. The molecule has 2 aliphatic rings. The molecule has 0 aromatic heterocycles. The Hall–Kier alpha value is -0.770. The Balaban J connectivity index is 1.96. The third kappa shape index (κ3) is 2.62. The van der Waals surface area contributed by atoms with E-state index in [1.807, 2.05) is 23.6 Å². The number of nitrogens with zero attached hydrogens (tertiary/aromatic N) is 2. The van der Waals surface area contributed by atoms with Crippen LogP contribution in [0.15, 0.2) is 0 Å². The highest BCUT2D eigenvalue weighted by Crippen LogP contribution is 2.29. The van der Waals surface area contributed by atoms with E-state index in [1.165, 1.54) is 12.8 Å². The third-order valence-electron chi connectivity index (χ3n) is 2.93. The Morgan fingerprint density at radius 2 is 2.07 bits per heavy atom. The predicted molar refractivity (Wildman–Crippen MR) is 59.6 cm³/mol. The molecule has 1 saturated heterocycles. The molecule has 2 fully saturated rings. The van der Waals surface area contributed by atoms with Gasteiger partial charge in [0.25, 0.3) is 0 Å². The topological polar surface area (TPSA) is 49.6 Å². The Kier molecular flexibility index (Phi) is 2.63. The molecule has 0 aromatic rings. The SMILES string of the molecule is CC(C)(N)CN1CCCN(C2CC2)C1=O. The van der Waals surface area contributed by atoms with Crippen molar-refractivity contribution >= 4 is 6.03 Å². The van der Waals surface area contributed by atoms with Crippen LogP contribution in [0.3, 0.4) is 0 Å². The largest absolute Gasteiger partial charge is 0.324 e. The predicted octanol–water partition coefficient (Wildman–Crippen LogP) is 1.01. The molecule has 2 N–H and O–H groups in total. The second-order valence-corrected chi connectivity index (χ2v) is 5.47. The number of carbonyl (C=O) groups is 1. The lowest BCUT2D eigenvalue weighted by atomic mass is 10.1. The Bertz CT molecular complexity index is 255. The summed E-state index contributed by atoms with van der Waals surface area (Å²) in [5.41, 5.74) is 5.66. The minimum Gasteiger partial charge on any atom is -0.324 e. The summed E-state index contributed by atoms with van der Waals surface area (Å²) >= 11 is 0. The number of urea groups is 1. The smallest absolute Gasteiger partial charge is 0.320 e. The maximum Gasteiger partial charge on any atom is 0.320 e.